The molecule has 0 saturated heterocycles. The number of aromatic nitrogens is 2. The van der Waals surface area contributed by atoms with Crippen LogP contribution in [0, 0.1) is 11.8 Å². The average Bonchev–Trinajstić information content (AvgIpc) is 2.91. The number of nitrogens with zero attached hydrogens (tertiary/aromatic N) is 2. The van der Waals surface area contributed by atoms with Crippen molar-refractivity contribution in [2.24, 2.45) is 11.8 Å². The second kappa shape index (κ2) is 13.4. The molecule has 4 rings (SSSR count). The summed E-state index contributed by atoms with van der Waals surface area (Å²) in [5, 5.41) is 14.7. The van der Waals surface area contributed by atoms with Crippen LogP contribution in [0.15, 0.2) is 57.9 Å². The Morgan fingerprint density at radius 3 is 2.13 bits per heavy atom. The van der Waals surface area contributed by atoms with Crippen molar-refractivity contribution in [1.29, 1.82) is 0 Å². The van der Waals surface area contributed by atoms with Gasteiger partial charge in [0, 0.05) is 30.0 Å². The maximum atomic E-state index is 12.5. The zero-order valence-corrected chi connectivity index (χ0v) is 23.4. The molecule has 1 fully saturated rings. The van der Waals surface area contributed by atoms with Gasteiger partial charge in [-0.15, -0.1) is 0 Å². The lowest BCUT2D eigenvalue weighted by molar-refractivity contribution is -0.192. The summed E-state index contributed by atoms with van der Waals surface area (Å²) in [6.07, 6.45) is -0.945. The Balaban J connectivity index is 0.000000532. The Hall–Kier alpha value is -2.97. The molecule has 2 aromatic carbocycles. The topological polar surface area (TPSA) is 133 Å². The first-order valence-corrected chi connectivity index (χ1v) is 14.4. The van der Waals surface area contributed by atoms with Gasteiger partial charge in [-0.2, -0.15) is 18.2 Å². The molecule has 1 aromatic heterocycles. The van der Waals surface area contributed by atoms with Crippen LogP contribution in [0.1, 0.15) is 25.7 Å². The van der Waals surface area contributed by atoms with Crippen LogP contribution in [-0.4, -0.2) is 55.8 Å². The molecule has 4 N–H and O–H groups in total. The second-order valence-corrected chi connectivity index (χ2v) is 11.7. The van der Waals surface area contributed by atoms with Crippen LogP contribution in [0.5, 0.6) is 0 Å². The van der Waals surface area contributed by atoms with Gasteiger partial charge in [0.25, 0.3) is 0 Å². The fourth-order valence-electron chi connectivity index (χ4n) is 4.15. The summed E-state index contributed by atoms with van der Waals surface area (Å²) in [4.78, 5) is 18.4. The first-order chi connectivity index (χ1) is 18.4. The molecule has 0 spiro atoms. The summed E-state index contributed by atoms with van der Waals surface area (Å²) in [7, 11) is -1.60. The fraction of sp³-hybridized carbons (Fsp3) is 0.400. The number of aliphatic carboxylic acids is 1. The smallest absolute Gasteiger partial charge is 0.475 e. The largest absolute Gasteiger partial charge is 0.490 e. The third-order valence-corrected chi connectivity index (χ3v) is 8.25. The maximum absolute atomic E-state index is 12.5. The molecule has 0 aliphatic heterocycles. The lowest BCUT2D eigenvalue weighted by atomic mass is 9.82. The van der Waals surface area contributed by atoms with Gasteiger partial charge in [-0.25, -0.2) is 22.9 Å². The highest BCUT2D eigenvalue weighted by Crippen LogP contribution is 2.29. The summed E-state index contributed by atoms with van der Waals surface area (Å²) in [6, 6.07) is 14.7. The van der Waals surface area contributed by atoms with Gasteiger partial charge in [0.1, 0.15) is 5.82 Å². The fourth-order valence-corrected chi connectivity index (χ4v) is 5.53. The third-order valence-electron chi connectivity index (χ3n) is 6.28. The van der Waals surface area contributed by atoms with Crippen LogP contribution in [0.2, 0.25) is 0 Å². The van der Waals surface area contributed by atoms with E-state index >= 15 is 0 Å². The molecule has 14 heteroatoms. The van der Waals surface area contributed by atoms with Crippen LogP contribution >= 0.6 is 15.9 Å². The molecule has 3 aromatic rings. The SMILES string of the molecule is CNc1nc(NCC2CCC(CNS(=O)(=O)c3ccc(Br)cc3)CC2)nc2ccccc12.O=C(O)C(F)(F)F. The summed E-state index contributed by atoms with van der Waals surface area (Å²) in [5.41, 5.74) is 0.913. The van der Waals surface area contributed by atoms with Crippen LogP contribution < -0.4 is 15.4 Å². The number of carboxylic acid groups (broad SMARTS) is 1. The Kier molecular flexibility index (Phi) is 10.5. The highest BCUT2D eigenvalue weighted by molar-refractivity contribution is 9.10. The van der Waals surface area contributed by atoms with E-state index in [1.807, 2.05) is 31.3 Å². The van der Waals surface area contributed by atoms with E-state index in [0.717, 1.165) is 53.4 Å². The predicted octanol–water partition coefficient (Wildman–Crippen LogP) is 5.26. The zero-order valence-electron chi connectivity index (χ0n) is 21.0. The van der Waals surface area contributed by atoms with E-state index in [1.165, 1.54) is 0 Å². The van der Waals surface area contributed by atoms with Crippen molar-refractivity contribution in [2.45, 2.75) is 36.8 Å². The van der Waals surface area contributed by atoms with Gasteiger partial charge in [-0.05, 0) is 73.9 Å². The number of rotatable bonds is 8. The first kappa shape index (κ1) is 30.6. The first-order valence-electron chi connectivity index (χ1n) is 12.1. The maximum Gasteiger partial charge on any atom is 0.490 e. The van der Waals surface area contributed by atoms with E-state index in [9.17, 15) is 21.6 Å². The van der Waals surface area contributed by atoms with Gasteiger partial charge in [0.2, 0.25) is 16.0 Å². The van der Waals surface area contributed by atoms with Crippen molar-refractivity contribution in [1.82, 2.24) is 14.7 Å². The molecule has 1 aliphatic carbocycles. The Morgan fingerprint density at radius 2 is 1.56 bits per heavy atom. The Morgan fingerprint density at radius 1 is 1.00 bits per heavy atom. The Labute approximate surface area is 232 Å². The normalized spacial score (nSPS) is 17.7. The molecular weight excluding hydrogens is 603 g/mol. The van der Waals surface area contributed by atoms with Crippen molar-refractivity contribution in [3.63, 3.8) is 0 Å². The number of sulfonamides is 1. The van der Waals surface area contributed by atoms with E-state index in [-0.39, 0.29) is 0 Å². The van der Waals surface area contributed by atoms with Gasteiger partial charge in [-0.1, -0.05) is 28.1 Å². The minimum atomic E-state index is -5.08. The lowest BCUT2D eigenvalue weighted by Crippen LogP contribution is -2.32. The number of halogens is 4. The number of anilines is 2. The number of carboxylic acids is 1. The van der Waals surface area contributed by atoms with E-state index in [0.29, 0.717) is 29.2 Å². The highest BCUT2D eigenvalue weighted by Gasteiger charge is 2.38. The Bertz CT molecular complexity index is 1370. The molecule has 0 radical (unpaired) electrons. The number of alkyl halides is 3. The van der Waals surface area contributed by atoms with E-state index < -0.39 is 22.2 Å². The van der Waals surface area contributed by atoms with Crippen molar-refractivity contribution < 1.29 is 31.5 Å². The monoisotopic (exact) mass is 631 g/mol. The van der Waals surface area contributed by atoms with Crippen molar-refractivity contribution >= 4 is 54.6 Å². The molecule has 1 aliphatic rings. The van der Waals surface area contributed by atoms with Gasteiger partial charge < -0.3 is 15.7 Å². The standard InChI is InChI=1S/C23H28BrN5O2S.C2HF3O2/c1-25-22-20-4-2-3-5-21(20)28-23(29-22)26-14-16-6-8-17(9-7-16)15-27-32(30,31)19-12-10-18(24)11-13-19;3-2(4,5)1(6)7/h2-5,10-13,16-17,27H,6-9,14-15H2,1H3,(H2,25,26,28,29);(H,6,7). The third kappa shape index (κ3) is 9.04. The number of hydrogen-bond acceptors (Lipinski definition) is 7. The molecule has 0 bridgehead atoms. The molecule has 1 saturated carbocycles. The number of hydrogen-bond donors (Lipinski definition) is 4. The van der Waals surface area contributed by atoms with Crippen molar-refractivity contribution in [2.75, 3.05) is 30.8 Å². The highest BCUT2D eigenvalue weighted by atomic mass is 79.9. The number of benzene rings is 2. The average molecular weight is 633 g/mol. The molecule has 212 valence electrons. The van der Waals surface area contributed by atoms with E-state index in [2.05, 4.69) is 41.3 Å². The van der Waals surface area contributed by atoms with Crippen LogP contribution in [0.4, 0.5) is 24.9 Å². The lowest BCUT2D eigenvalue weighted by Gasteiger charge is -2.28. The van der Waals surface area contributed by atoms with Crippen LogP contribution in [0.3, 0.4) is 0 Å². The number of para-hydroxylation sites is 1. The van der Waals surface area contributed by atoms with Crippen LogP contribution in [-0.2, 0) is 14.8 Å². The molecular formula is C25H29BrF3N5O4S. The summed E-state index contributed by atoms with van der Waals surface area (Å²) >= 11 is 3.33. The van der Waals surface area contributed by atoms with Crippen molar-refractivity contribution in [3.05, 3.63) is 53.0 Å². The van der Waals surface area contributed by atoms with E-state index in [1.54, 1.807) is 24.3 Å². The molecule has 39 heavy (non-hydrogen) atoms. The summed E-state index contributed by atoms with van der Waals surface area (Å²) < 4.78 is 60.4. The molecule has 0 amide bonds. The molecule has 9 nitrogen and oxygen atoms in total. The van der Waals surface area contributed by atoms with Crippen LogP contribution in [0.25, 0.3) is 10.9 Å². The number of carbonyl (C=O) groups is 1. The second-order valence-electron chi connectivity index (χ2n) is 9.04. The molecule has 0 unspecified atom stereocenters. The summed E-state index contributed by atoms with van der Waals surface area (Å²) in [6.45, 7) is 1.30. The number of fused-ring (bicyclic) bond motifs is 1. The van der Waals surface area contributed by atoms with Gasteiger partial charge in [0.15, 0.2) is 0 Å². The van der Waals surface area contributed by atoms with E-state index in [4.69, 9.17) is 9.90 Å². The van der Waals surface area contributed by atoms with Crippen molar-refractivity contribution in [3.8, 4) is 0 Å². The predicted molar refractivity (Wildman–Crippen MR) is 146 cm³/mol. The zero-order chi connectivity index (χ0) is 28.6. The van der Waals surface area contributed by atoms with Gasteiger partial charge >= 0.3 is 12.1 Å². The minimum absolute atomic E-state index is 0.301. The van der Waals surface area contributed by atoms with Gasteiger partial charge in [-0.3, -0.25) is 0 Å². The summed E-state index contributed by atoms with van der Waals surface area (Å²) in [5.74, 6) is -0.406. The molecule has 1 heterocycles. The molecule has 0 atom stereocenters. The quantitative estimate of drug-likeness (QED) is 0.264. The van der Waals surface area contributed by atoms with Gasteiger partial charge in [0.05, 0.1) is 10.4 Å². The minimum Gasteiger partial charge on any atom is -0.475 e. The number of nitrogens with one attached hydrogen (secondary N) is 3.